The number of anilines is 1. The summed E-state index contributed by atoms with van der Waals surface area (Å²) in [4.78, 5) is 1.37. The highest BCUT2D eigenvalue weighted by atomic mass is 32.2. The SMILES string of the molecule is CCN(c1ccccc1)S(=O)(=O)c1ccc(SC)cc1. The lowest BCUT2D eigenvalue weighted by Crippen LogP contribution is -2.30. The second-order valence-corrected chi connectivity index (χ2v) is 6.92. The van der Waals surface area contributed by atoms with E-state index in [9.17, 15) is 8.42 Å². The smallest absolute Gasteiger partial charge is 0.264 e. The summed E-state index contributed by atoms with van der Waals surface area (Å²) in [6.45, 7) is 2.23. The maximum Gasteiger partial charge on any atom is 0.264 e. The fourth-order valence-electron chi connectivity index (χ4n) is 1.96. The molecule has 0 aliphatic rings. The topological polar surface area (TPSA) is 37.4 Å². The minimum Gasteiger partial charge on any atom is -0.267 e. The van der Waals surface area contributed by atoms with Crippen molar-refractivity contribution in [2.75, 3.05) is 17.1 Å². The Labute approximate surface area is 124 Å². The molecule has 2 rings (SSSR count). The molecule has 0 aliphatic carbocycles. The normalized spacial score (nSPS) is 11.3. The summed E-state index contributed by atoms with van der Waals surface area (Å²) in [5, 5.41) is 0. The van der Waals surface area contributed by atoms with Gasteiger partial charge in [0, 0.05) is 11.4 Å². The molecule has 0 N–H and O–H groups in total. The van der Waals surface area contributed by atoms with Crippen molar-refractivity contribution >= 4 is 27.5 Å². The average molecular weight is 307 g/mol. The number of hydrogen-bond donors (Lipinski definition) is 0. The lowest BCUT2D eigenvalue weighted by molar-refractivity contribution is 0.592. The number of rotatable bonds is 5. The molecule has 0 unspecified atom stereocenters. The van der Waals surface area contributed by atoms with E-state index in [2.05, 4.69) is 0 Å². The van der Waals surface area contributed by atoms with E-state index >= 15 is 0 Å². The van der Waals surface area contributed by atoms with E-state index in [0.29, 0.717) is 17.1 Å². The second kappa shape index (κ2) is 6.33. The number of benzene rings is 2. The van der Waals surface area contributed by atoms with Crippen molar-refractivity contribution in [1.82, 2.24) is 0 Å². The summed E-state index contributed by atoms with van der Waals surface area (Å²) in [6, 6.07) is 16.1. The Morgan fingerprint density at radius 1 is 1.00 bits per heavy atom. The number of sulfonamides is 1. The Balaban J connectivity index is 2.41. The highest BCUT2D eigenvalue weighted by Crippen LogP contribution is 2.24. The summed E-state index contributed by atoms with van der Waals surface area (Å²) in [5.41, 5.74) is 0.684. The van der Waals surface area contributed by atoms with Crippen LogP contribution in [-0.4, -0.2) is 21.2 Å². The Hall–Kier alpha value is -1.46. The fraction of sp³-hybridized carbons (Fsp3) is 0.200. The van der Waals surface area contributed by atoms with Crippen LogP contribution in [0.3, 0.4) is 0 Å². The number of thioether (sulfide) groups is 1. The molecule has 0 radical (unpaired) electrons. The van der Waals surface area contributed by atoms with Gasteiger partial charge in [0.2, 0.25) is 0 Å². The van der Waals surface area contributed by atoms with Crippen LogP contribution in [0.2, 0.25) is 0 Å². The third-order valence-corrected chi connectivity index (χ3v) is 5.64. The summed E-state index contributed by atoms with van der Waals surface area (Å²) in [6.07, 6.45) is 1.96. The molecule has 0 fully saturated rings. The Kier molecular flexibility index (Phi) is 4.73. The van der Waals surface area contributed by atoms with E-state index in [0.717, 1.165) is 4.90 Å². The Morgan fingerprint density at radius 3 is 2.10 bits per heavy atom. The van der Waals surface area contributed by atoms with Gasteiger partial charge in [-0.05, 0) is 49.6 Å². The summed E-state index contributed by atoms with van der Waals surface area (Å²) in [5.74, 6) is 0. The van der Waals surface area contributed by atoms with Gasteiger partial charge in [-0.1, -0.05) is 18.2 Å². The first kappa shape index (κ1) is 14.9. The monoisotopic (exact) mass is 307 g/mol. The number of hydrogen-bond acceptors (Lipinski definition) is 3. The maximum atomic E-state index is 12.7. The number of para-hydroxylation sites is 1. The van der Waals surface area contributed by atoms with Crippen LogP contribution >= 0.6 is 11.8 Å². The van der Waals surface area contributed by atoms with Crippen LogP contribution < -0.4 is 4.31 Å². The molecule has 5 heteroatoms. The van der Waals surface area contributed by atoms with Gasteiger partial charge in [-0.15, -0.1) is 11.8 Å². The minimum atomic E-state index is -3.51. The lowest BCUT2D eigenvalue weighted by atomic mass is 10.3. The van der Waals surface area contributed by atoms with Gasteiger partial charge in [0.05, 0.1) is 10.6 Å². The number of nitrogens with zero attached hydrogens (tertiary/aromatic N) is 1. The molecule has 20 heavy (non-hydrogen) atoms. The summed E-state index contributed by atoms with van der Waals surface area (Å²) < 4.78 is 26.8. The largest absolute Gasteiger partial charge is 0.267 e. The molecule has 0 spiro atoms. The van der Waals surface area contributed by atoms with Crippen molar-refractivity contribution < 1.29 is 8.42 Å². The zero-order valence-electron chi connectivity index (χ0n) is 11.5. The molecular formula is C15H17NO2S2. The summed E-state index contributed by atoms with van der Waals surface area (Å²) >= 11 is 1.59. The average Bonchev–Trinajstić information content (AvgIpc) is 2.49. The first-order valence-corrected chi connectivity index (χ1v) is 8.98. The molecule has 0 saturated carbocycles. The van der Waals surface area contributed by atoms with Crippen molar-refractivity contribution in [1.29, 1.82) is 0 Å². The fourth-order valence-corrected chi connectivity index (χ4v) is 3.84. The summed E-state index contributed by atoms with van der Waals surface area (Å²) in [7, 11) is -3.51. The highest BCUT2D eigenvalue weighted by molar-refractivity contribution is 7.98. The van der Waals surface area contributed by atoms with Gasteiger partial charge < -0.3 is 0 Å². The van der Waals surface area contributed by atoms with Gasteiger partial charge in [0.1, 0.15) is 0 Å². The van der Waals surface area contributed by atoms with Gasteiger partial charge in [0.25, 0.3) is 10.0 Å². The van der Waals surface area contributed by atoms with E-state index in [4.69, 9.17) is 0 Å². The minimum absolute atomic E-state index is 0.320. The van der Waals surface area contributed by atoms with Gasteiger partial charge in [0.15, 0.2) is 0 Å². The zero-order chi connectivity index (χ0) is 14.6. The molecule has 0 atom stereocenters. The van der Waals surface area contributed by atoms with Gasteiger partial charge in [-0.3, -0.25) is 4.31 Å². The predicted molar refractivity (Wildman–Crippen MR) is 84.9 cm³/mol. The van der Waals surface area contributed by atoms with Crippen molar-refractivity contribution in [3.05, 3.63) is 54.6 Å². The third kappa shape index (κ3) is 2.99. The Bertz CT molecular complexity index is 652. The van der Waals surface area contributed by atoms with Crippen LogP contribution in [-0.2, 0) is 10.0 Å². The third-order valence-electron chi connectivity index (χ3n) is 2.98. The Morgan fingerprint density at radius 2 is 1.60 bits per heavy atom. The van der Waals surface area contributed by atoms with E-state index < -0.39 is 10.0 Å². The molecule has 0 aliphatic heterocycles. The molecular weight excluding hydrogens is 290 g/mol. The van der Waals surface area contributed by atoms with Crippen LogP contribution in [0, 0.1) is 0 Å². The van der Waals surface area contributed by atoms with Crippen molar-refractivity contribution in [2.24, 2.45) is 0 Å². The highest BCUT2D eigenvalue weighted by Gasteiger charge is 2.23. The molecule has 2 aromatic carbocycles. The van der Waals surface area contributed by atoms with Gasteiger partial charge >= 0.3 is 0 Å². The molecule has 0 bridgehead atoms. The van der Waals surface area contributed by atoms with Gasteiger partial charge in [-0.25, -0.2) is 8.42 Å². The molecule has 0 amide bonds. The van der Waals surface area contributed by atoms with Crippen molar-refractivity contribution in [3.8, 4) is 0 Å². The van der Waals surface area contributed by atoms with Crippen LogP contribution in [0.15, 0.2) is 64.4 Å². The van der Waals surface area contributed by atoms with Crippen LogP contribution in [0.25, 0.3) is 0 Å². The van der Waals surface area contributed by atoms with E-state index in [1.54, 1.807) is 36.0 Å². The molecule has 0 saturated heterocycles. The molecule has 3 nitrogen and oxygen atoms in total. The molecule has 0 aromatic heterocycles. The predicted octanol–water partition coefficient (Wildman–Crippen LogP) is 3.62. The van der Waals surface area contributed by atoms with Gasteiger partial charge in [-0.2, -0.15) is 0 Å². The van der Waals surface area contributed by atoms with E-state index in [1.807, 2.05) is 43.5 Å². The zero-order valence-corrected chi connectivity index (χ0v) is 13.1. The molecule has 106 valence electrons. The van der Waals surface area contributed by atoms with E-state index in [1.165, 1.54) is 4.31 Å². The molecule has 2 aromatic rings. The quantitative estimate of drug-likeness (QED) is 0.792. The van der Waals surface area contributed by atoms with Crippen LogP contribution in [0.5, 0.6) is 0 Å². The first-order chi connectivity index (χ1) is 9.59. The van der Waals surface area contributed by atoms with Crippen molar-refractivity contribution in [3.63, 3.8) is 0 Å². The molecule has 0 heterocycles. The second-order valence-electron chi connectivity index (χ2n) is 4.18. The van der Waals surface area contributed by atoms with Crippen LogP contribution in [0.1, 0.15) is 6.92 Å². The van der Waals surface area contributed by atoms with E-state index in [-0.39, 0.29) is 0 Å². The maximum absolute atomic E-state index is 12.7. The first-order valence-electron chi connectivity index (χ1n) is 6.31. The lowest BCUT2D eigenvalue weighted by Gasteiger charge is -2.22. The van der Waals surface area contributed by atoms with Crippen molar-refractivity contribution in [2.45, 2.75) is 16.7 Å². The standard InChI is InChI=1S/C15H17NO2S2/c1-3-16(13-7-5-4-6-8-13)20(17,18)15-11-9-14(19-2)10-12-15/h4-12H,3H2,1-2H3. The van der Waals surface area contributed by atoms with Crippen LogP contribution in [0.4, 0.5) is 5.69 Å².